The SMILES string of the molecule is CC(=O)N1C[C@@H](N)CC[C@@H](C(=O)N2CCN(c3nccs3)CC2)C1. The molecule has 132 valence electrons. The summed E-state index contributed by atoms with van der Waals surface area (Å²) in [4.78, 5) is 34.9. The van der Waals surface area contributed by atoms with Crippen LogP contribution in [0.2, 0.25) is 0 Å². The van der Waals surface area contributed by atoms with Gasteiger partial charge >= 0.3 is 0 Å². The maximum atomic E-state index is 12.9. The lowest BCUT2D eigenvalue weighted by atomic mass is 10.00. The summed E-state index contributed by atoms with van der Waals surface area (Å²) in [6.45, 7) is 5.63. The van der Waals surface area contributed by atoms with E-state index >= 15 is 0 Å². The number of hydrogen-bond donors (Lipinski definition) is 1. The van der Waals surface area contributed by atoms with Crippen molar-refractivity contribution >= 4 is 28.3 Å². The highest BCUT2D eigenvalue weighted by Crippen LogP contribution is 2.22. The van der Waals surface area contributed by atoms with Crippen LogP contribution in [0.4, 0.5) is 5.13 Å². The van der Waals surface area contributed by atoms with Crippen molar-refractivity contribution in [2.24, 2.45) is 11.7 Å². The predicted octanol–water partition coefficient (Wildman–Crippen LogP) is 0.378. The maximum Gasteiger partial charge on any atom is 0.227 e. The average molecular weight is 351 g/mol. The number of rotatable bonds is 2. The number of amides is 2. The molecule has 1 aromatic rings. The van der Waals surface area contributed by atoms with Gasteiger partial charge in [0.2, 0.25) is 11.8 Å². The molecule has 2 aliphatic heterocycles. The van der Waals surface area contributed by atoms with Gasteiger partial charge in [-0.3, -0.25) is 9.59 Å². The summed E-state index contributed by atoms with van der Waals surface area (Å²) in [5, 5.41) is 2.99. The van der Waals surface area contributed by atoms with E-state index in [4.69, 9.17) is 5.73 Å². The Morgan fingerprint density at radius 1 is 1.17 bits per heavy atom. The van der Waals surface area contributed by atoms with Gasteiger partial charge in [0.25, 0.3) is 0 Å². The molecule has 3 rings (SSSR count). The van der Waals surface area contributed by atoms with Crippen LogP contribution in [0, 0.1) is 5.92 Å². The minimum Gasteiger partial charge on any atom is -0.345 e. The number of thiazole rings is 1. The molecule has 3 heterocycles. The molecule has 2 saturated heterocycles. The van der Waals surface area contributed by atoms with Crippen molar-refractivity contribution < 1.29 is 9.59 Å². The first-order chi connectivity index (χ1) is 11.5. The van der Waals surface area contributed by atoms with Gasteiger partial charge in [-0.15, -0.1) is 11.3 Å². The minimum absolute atomic E-state index is 0.00117. The molecule has 2 N–H and O–H groups in total. The number of hydrogen-bond acceptors (Lipinski definition) is 6. The number of carbonyl (C=O) groups excluding carboxylic acids is 2. The first-order valence-electron chi connectivity index (χ1n) is 8.49. The Labute approximate surface area is 146 Å². The molecule has 2 atom stereocenters. The Morgan fingerprint density at radius 3 is 2.54 bits per heavy atom. The molecular formula is C16H25N5O2S. The van der Waals surface area contributed by atoms with Crippen molar-refractivity contribution in [1.82, 2.24) is 14.8 Å². The van der Waals surface area contributed by atoms with Crippen LogP contribution in [0.25, 0.3) is 0 Å². The molecule has 8 heteroatoms. The van der Waals surface area contributed by atoms with Crippen molar-refractivity contribution in [3.05, 3.63) is 11.6 Å². The van der Waals surface area contributed by atoms with Crippen molar-refractivity contribution in [3.8, 4) is 0 Å². The van der Waals surface area contributed by atoms with E-state index in [0.29, 0.717) is 26.2 Å². The number of likely N-dealkylation sites (tertiary alicyclic amines) is 1. The quantitative estimate of drug-likeness (QED) is 0.833. The van der Waals surface area contributed by atoms with Gasteiger partial charge in [0.15, 0.2) is 5.13 Å². The van der Waals surface area contributed by atoms with E-state index in [1.807, 2.05) is 16.5 Å². The number of carbonyl (C=O) groups is 2. The van der Waals surface area contributed by atoms with Crippen molar-refractivity contribution in [2.45, 2.75) is 25.8 Å². The summed E-state index contributed by atoms with van der Waals surface area (Å²) in [6, 6.07) is -0.0338. The molecule has 0 radical (unpaired) electrons. The van der Waals surface area contributed by atoms with E-state index in [0.717, 1.165) is 31.1 Å². The molecule has 24 heavy (non-hydrogen) atoms. The molecule has 2 aliphatic rings. The monoisotopic (exact) mass is 351 g/mol. The van der Waals surface area contributed by atoms with Gasteiger partial charge in [-0.1, -0.05) is 0 Å². The van der Waals surface area contributed by atoms with Gasteiger partial charge < -0.3 is 20.4 Å². The Kier molecular flexibility index (Phi) is 5.35. The highest BCUT2D eigenvalue weighted by molar-refractivity contribution is 7.13. The van der Waals surface area contributed by atoms with Gasteiger partial charge in [-0.2, -0.15) is 0 Å². The Balaban J connectivity index is 1.59. The molecule has 2 fully saturated rings. The third-order valence-corrected chi connectivity index (χ3v) is 5.69. The van der Waals surface area contributed by atoms with Crippen LogP contribution in [0.5, 0.6) is 0 Å². The van der Waals surface area contributed by atoms with Gasteiger partial charge in [-0.25, -0.2) is 4.98 Å². The van der Waals surface area contributed by atoms with E-state index in [9.17, 15) is 9.59 Å². The molecule has 0 aliphatic carbocycles. The van der Waals surface area contributed by atoms with Crippen LogP contribution in [0.3, 0.4) is 0 Å². The second-order valence-corrected chi connectivity index (χ2v) is 7.46. The molecule has 0 aromatic carbocycles. The third-order valence-electron chi connectivity index (χ3n) is 4.86. The lowest BCUT2D eigenvalue weighted by Crippen LogP contribution is -2.51. The second kappa shape index (κ2) is 7.48. The smallest absolute Gasteiger partial charge is 0.227 e. The molecule has 0 spiro atoms. The van der Waals surface area contributed by atoms with Crippen LogP contribution < -0.4 is 10.6 Å². The summed E-state index contributed by atoms with van der Waals surface area (Å²) < 4.78 is 0. The predicted molar refractivity (Wildman–Crippen MR) is 93.9 cm³/mol. The fraction of sp³-hybridized carbons (Fsp3) is 0.688. The maximum absolute atomic E-state index is 12.9. The van der Waals surface area contributed by atoms with Crippen molar-refractivity contribution in [1.29, 1.82) is 0 Å². The number of aromatic nitrogens is 1. The summed E-state index contributed by atoms with van der Waals surface area (Å²) in [7, 11) is 0. The third kappa shape index (κ3) is 3.87. The van der Waals surface area contributed by atoms with Crippen molar-refractivity contribution in [3.63, 3.8) is 0 Å². The zero-order valence-electron chi connectivity index (χ0n) is 14.1. The zero-order chi connectivity index (χ0) is 17.1. The molecule has 1 aromatic heterocycles. The zero-order valence-corrected chi connectivity index (χ0v) is 14.9. The lowest BCUT2D eigenvalue weighted by Gasteiger charge is -2.36. The largest absolute Gasteiger partial charge is 0.345 e. The van der Waals surface area contributed by atoms with E-state index in [2.05, 4.69) is 9.88 Å². The summed E-state index contributed by atoms with van der Waals surface area (Å²) in [5.41, 5.74) is 6.04. The number of anilines is 1. The molecule has 0 bridgehead atoms. The molecule has 7 nitrogen and oxygen atoms in total. The van der Waals surface area contributed by atoms with Crippen LogP contribution in [0.1, 0.15) is 19.8 Å². The minimum atomic E-state index is -0.131. The van der Waals surface area contributed by atoms with Crippen LogP contribution >= 0.6 is 11.3 Å². The normalized spacial score (nSPS) is 25.5. The highest BCUT2D eigenvalue weighted by Gasteiger charge is 2.32. The standard InChI is InChI=1S/C16H25N5O2S/c1-12(22)21-10-13(2-3-14(17)11-21)15(23)19-5-7-20(8-6-19)16-18-4-9-24-16/h4,9,13-14H,2-3,5-8,10-11,17H2,1H3/t13-,14+/m1/s1. The molecule has 0 saturated carbocycles. The summed E-state index contributed by atoms with van der Waals surface area (Å²) in [6.07, 6.45) is 3.36. The highest BCUT2D eigenvalue weighted by atomic mass is 32.1. The molecular weight excluding hydrogens is 326 g/mol. The van der Waals surface area contributed by atoms with Gasteiger partial charge in [0.1, 0.15) is 0 Å². The number of nitrogens with zero attached hydrogens (tertiary/aromatic N) is 4. The number of piperazine rings is 1. The molecule has 0 unspecified atom stereocenters. The average Bonchev–Trinajstić information content (AvgIpc) is 3.04. The summed E-state index contributed by atoms with van der Waals surface area (Å²) >= 11 is 1.63. The topological polar surface area (TPSA) is 82.8 Å². The number of nitrogens with two attached hydrogens (primary N) is 1. The van der Waals surface area contributed by atoms with Crippen molar-refractivity contribution in [2.75, 3.05) is 44.2 Å². The Bertz CT molecular complexity index is 571. The van der Waals surface area contributed by atoms with Crippen LogP contribution in [-0.2, 0) is 9.59 Å². The second-order valence-electron chi connectivity index (χ2n) is 6.59. The van der Waals surface area contributed by atoms with Gasteiger partial charge in [0, 0.05) is 63.8 Å². The van der Waals surface area contributed by atoms with E-state index in [-0.39, 0.29) is 23.8 Å². The Morgan fingerprint density at radius 2 is 1.92 bits per heavy atom. The van der Waals surface area contributed by atoms with Gasteiger partial charge in [0.05, 0.1) is 5.92 Å². The van der Waals surface area contributed by atoms with Crippen LogP contribution in [0.15, 0.2) is 11.6 Å². The van der Waals surface area contributed by atoms with E-state index in [1.165, 1.54) is 0 Å². The fourth-order valence-corrected chi connectivity index (χ4v) is 4.13. The van der Waals surface area contributed by atoms with Crippen LogP contribution in [-0.4, -0.2) is 71.9 Å². The van der Waals surface area contributed by atoms with E-state index < -0.39 is 0 Å². The first-order valence-corrected chi connectivity index (χ1v) is 9.37. The first kappa shape index (κ1) is 17.2. The Hall–Kier alpha value is -1.67. The van der Waals surface area contributed by atoms with E-state index in [1.54, 1.807) is 23.2 Å². The lowest BCUT2D eigenvalue weighted by molar-refractivity contribution is -0.138. The summed E-state index contributed by atoms with van der Waals surface area (Å²) in [5.74, 6) is 0.0294. The fourth-order valence-electron chi connectivity index (χ4n) is 3.43. The molecule has 2 amide bonds. The van der Waals surface area contributed by atoms with Gasteiger partial charge in [-0.05, 0) is 12.8 Å².